The molecule has 0 aliphatic rings. The van der Waals surface area contributed by atoms with E-state index in [2.05, 4.69) is 46.3 Å². The molecule has 17 heavy (non-hydrogen) atoms. The molecule has 0 spiro atoms. The molecule has 0 saturated carbocycles. The van der Waals surface area contributed by atoms with Gasteiger partial charge in [-0.25, -0.2) is 9.97 Å². The molecule has 0 aliphatic heterocycles. The van der Waals surface area contributed by atoms with Crippen molar-refractivity contribution >= 4 is 11.6 Å². The average molecular weight is 235 g/mol. The Bertz CT molecular complexity index is 362. The molecule has 1 heterocycles. The molecular weight excluding hydrogens is 214 g/mol. The quantitative estimate of drug-likeness (QED) is 0.625. The summed E-state index contributed by atoms with van der Waals surface area (Å²) in [6, 6.07) is 1.89. The second kappa shape index (κ2) is 6.20. The molecule has 0 aromatic carbocycles. The van der Waals surface area contributed by atoms with Crippen molar-refractivity contribution in [3.63, 3.8) is 0 Å². The summed E-state index contributed by atoms with van der Waals surface area (Å²) >= 11 is 0. The van der Waals surface area contributed by atoms with Gasteiger partial charge in [-0.05, 0) is 20.9 Å². The van der Waals surface area contributed by atoms with Crippen LogP contribution >= 0.6 is 0 Å². The summed E-state index contributed by atoms with van der Waals surface area (Å²) in [6.45, 7) is 9.42. The van der Waals surface area contributed by atoms with Gasteiger partial charge in [0.2, 0.25) is 0 Å². The Morgan fingerprint density at radius 2 is 2.06 bits per heavy atom. The van der Waals surface area contributed by atoms with E-state index in [1.807, 2.05) is 13.1 Å². The van der Waals surface area contributed by atoms with Crippen LogP contribution in [0.5, 0.6) is 0 Å². The first-order valence-electron chi connectivity index (χ1n) is 5.67. The zero-order valence-corrected chi connectivity index (χ0v) is 10.7. The molecule has 0 fully saturated rings. The zero-order valence-electron chi connectivity index (χ0n) is 10.7. The van der Waals surface area contributed by atoms with E-state index in [-0.39, 0.29) is 5.54 Å². The third-order valence-corrected chi connectivity index (χ3v) is 2.18. The Kier molecular flexibility index (Phi) is 4.90. The summed E-state index contributed by atoms with van der Waals surface area (Å²) in [6.07, 6.45) is 3.34. The molecule has 0 saturated heterocycles. The number of nitrogens with zero attached hydrogens (tertiary/aromatic N) is 2. The average Bonchev–Trinajstić information content (AvgIpc) is 2.26. The molecular formula is C12H21N5. The summed E-state index contributed by atoms with van der Waals surface area (Å²) < 4.78 is 0. The van der Waals surface area contributed by atoms with Gasteiger partial charge in [0.05, 0.1) is 0 Å². The molecule has 0 amide bonds. The Morgan fingerprint density at radius 1 is 1.35 bits per heavy atom. The van der Waals surface area contributed by atoms with Crippen LogP contribution in [0.4, 0.5) is 11.6 Å². The Hall–Kier alpha value is -1.62. The maximum Gasteiger partial charge on any atom is 0.131 e. The smallest absolute Gasteiger partial charge is 0.131 e. The Morgan fingerprint density at radius 3 is 2.71 bits per heavy atom. The number of hydrogen-bond donors (Lipinski definition) is 3. The minimum Gasteiger partial charge on any atom is -0.366 e. The van der Waals surface area contributed by atoms with Crippen molar-refractivity contribution in [3.8, 4) is 0 Å². The number of aromatic nitrogens is 2. The minimum atomic E-state index is -0.0567. The third-order valence-electron chi connectivity index (χ3n) is 2.18. The van der Waals surface area contributed by atoms with E-state index in [1.165, 1.54) is 0 Å². The summed E-state index contributed by atoms with van der Waals surface area (Å²) in [5.74, 6) is 1.61. The van der Waals surface area contributed by atoms with Crippen LogP contribution in [0.25, 0.3) is 0 Å². The molecule has 1 aromatic heterocycles. The van der Waals surface area contributed by atoms with Crippen LogP contribution in [-0.4, -0.2) is 35.6 Å². The van der Waals surface area contributed by atoms with Gasteiger partial charge in [0.1, 0.15) is 18.0 Å². The van der Waals surface area contributed by atoms with E-state index in [4.69, 9.17) is 0 Å². The highest BCUT2D eigenvalue weighted by atomic mass is 15.1. The first kappa shape index (κ1) is 13.4. The van der Waals surface area contributed by atoms with Gasteiger partial charge >= 0.3 is 0 Å². The third kappa shape index (κ3) is 4.82. The molecule has 1 rings (SSSR count). The Balaban J connectivity index is 2.67. The van der Waals surface area contributed by atoms with Gasteiger partial charge in [0.25, 0.3) is 0 Å². The van der Waals surface area contributed by atoms with E-state index in [0.717, 1.165) is 18.2 Å². The van der Waals surface area contributed by atoms with Crippen molar-refractivity contribution in [1.82, 2.24) is 15.3 Å². The molecule has 94 valence electrons. The fourth-order valence-corrected chi connectivity index (χ4v) is 1.53. The van der Waals surface area contributed by atoms with E-state index in [0.29, 0.717) is 6.54 Å². The highest BCUT2D eigenvalue weighted by Crippen LogP contribution is 2.14. The van der Waals surface area contributed by atoms with Crippen LogP contribution in [0, 0.1) is 0 Å². The molecule has 3 N–H and O–H groups in total. The largest absolute Gasteiger partial charge is 0.366 e. The molecule has 0 bridgehead atoms. The van der Waals surface area contributed by atoms with Gasteiger partial charge in [-0.15, -0.1) is 6.58 Å². The van der Waals surface area contributed by atoms with Crippen LogP contribution in [0.1, 0.15) is 13.8 Å². The number of anilines is 2. The minimum absolute atomic E-state index is 0.0567. The van der Waals surface area contributed by atoms with E-state index >= 15 is 0 Å². The maximum absolute atomic E-state index is 4.20. The monoisotopic (exact) mass is 235 g/mol. The highest BCUT2D eigenvalue weighted by Gasteiger charge is 2.16. The fraction of sp³-hybridized carbons (Fsp3) is 0.500. The van der Waals surface area contributed by atoms with Crippen molar-refractivity contribution in [3.05, 3.63) is 25.0 Å². The summed E-state index contributed by atoms with van der Waals surface area (Å²) in [7, 11) is 1.93. The number of nitrogens with one attached hydrogen (secondary N) is 3. The lowest BCUT2D eigenvalue weighted by atomic mass is 10.1. The second-order valence-corrected chi connectivity index (χ2v) is 4.50. The number of rotatable bonds is 7. The van der Waals surface area contributed by atoms with Gasteiger partial charge < -0.3 is 16.0 Å². The fourth-order valence-electron chi connectivity index (χ4n) is 1.53. The lowest BCUT2D eigenvalue weighted by Gasteiger charge is -2.26. The maximum atomic E-state index is 4.20. The van der Waals surface area contributed by atoms with Crippen LogP contribution in [-0.2, 0) is 0 Å². The standard InChI is InChI=1S/C12H21N5/c1-5-6-14-10-7-11(16-9-15-10)17-12(2,3)8-13-4/h5,7,9,13H,1,6,8H2,2-4H3,(H2,14,15,16,17). The van der Waals surface area contributed by atoms with Gasteiger partial charge in [0, 0.05) is 24.7 Å². The topological polar surface area (TPSA) is 61.9 Å². The lowest BCUT2D eigenvalue weighted by Crippen LogP contribution is -2.40. The molecule has 0 unspecified atom stereocenters. The summed E-state index contributed by atoms with van der Waals surface area (Å²) in [5.41, 5.74) is -0.0567. The van der Waals surface area contributed by atoms with Gasteiger partial charge in [0.15, 0.2) is 0 Å². The van der Waals surface area contributed by atoms with Gasteiger partial charge in [-0.1, -0.05) is 6.08 Å². The van der Waals surface area contributed by atoms with Gasteiger partial charge in [-0.3, -0.25) is 0 Å². The lowest BCUT2D eigenvalue weighted by molar-refractivity contribution is 0.528. The number of hydrogen-bond acceptors (Lipinski definition) is 5. The predicted molar refractivity (Wildman–Crippen MR) is 72.3 cm³/mol. The van der Waals surface area contributed by atoms with Crippen molar-refractivity contribution in [2.45, 2.75) is 19.4 Å². The van der Waals surface area contributed by atoms with Gasteiger partial charge in [-0.2, -0.15) is 0 Å². The van der Waals surface area contributed by atoms with Crippen molar-refractivity contribution in [2.75, 3.05) is 30.8 Å². The van der Waals surface area contributed by atoms with Crippen LogP contribution in [0.3, 0.4) is 0 Å². The predicted octanol–water partition coefficient (Wildman–Crippen LogP) is 1.48. The second-order valence-electron chi connectivity index (χ2n) is 4.50. The van der Waals surface area contributed by atoms with Crippen molar-refractivity contribution in [1.29, 1.82) is 0 Å². The molecule has 0 atom stereocenters. The van der Waals surface area contributed by atoms with Crippen molar-refractivity contribution < 1.29 is 0 Å². The molecule has 5 nitrogen and oxygen atoms in total. The molecule has 1 aromatic rings. The first-order chi connectivity index (χ1) is 8.07. The molecule has 0 radical (unpaired) electrons. The number of likely N-dealkylation sites (N-methyl/N-ethyl adjacent to an activating group) is 1. The summed E-state index contributed by atoms with van der Waals surface area (Å²) in [4.78, 5) is 8.33. The van der Waals surface area contributed by atoms with Crippen LogP contribution < -0.4 is 16.0 Å². The highest BCUT2D eigenvalue weighted by molar-refractivity contribution is 5.48. The van der Waals surface area contributed by atoms with E-state index in [1.54, 1.807) is 12.4 Å². The zero-order chi connectivity index (χ0) is 12.7. The molecule has 5 heteroatoms. The Labute approximate surface area is 103 Å². The first-order valence-corrected chi connectivity index (χ1v) is 5.67. The van der Waals surface area contributed by atoms with Crippen molar-refractivity contribution in [2.24, 2.45) is 0 Å². The normalized spacial score (nSPS) is 11.0. The van der Waals surface area contributed by atoms with E-state index in [9.17, 15) is 0 Å². The van der Waals surface area contributed by atoms with Crippen LogP contribution in [0.2, 0.25) is 0 Å². The summed E-state index contributed by atoms with van der Waals surface area (Å²) in [5, 5.41) is 9.63. The van der Waals surface area contributed by atoms with Crippen LogP contribution in [0.15, 0.2) is 25.0 Å². The molecule has 0 aliphatic carbocycles. The van der Waals surface area contributed by atoms with E-state index < -0.39 is 0 Å². The SMILES string of the molecule is C=CCNc1cc(NC(C)(C)CNC)ncn1.